The van der Waals surface area contributed by atoms with Gasteiger partial charge in [0, 0.05) is 19.6 Å². The summed E-state index contributed by atoms with van der Waals surface area (Å²) in [6.45, 7) is 6.88. The first kappa shape index (κ1) is 15.0. The molecule has 0 spiro atoms. The quantitative estimate of drug-likeness (QED) is 0.936. The highest BCUT2D eigenvalue weighted by molar-refractivity contribution is 5.94. The van der Waals surface area contributed by atoms with E-state index in [-0.39, 0.29) is 5.91 Å². The van der Waals surface area contributed by atoms with Crippen molar-refractivity contribution >= 4 is 22.9 Å². The molecule has 3 rings (SSSR count). The second kappa shape index (κ2) is 6.06. The van der Waals surface area contributed by atoms with Gasteiger partial charge in [-0.05, 0) is 38.6 Å². The average Bonchev–Trinajstić information content (AvgIpc) is 2.83. The molecule has 118 valence electrons. The number of hydrogen-bond acceptors (Lipinski definition) is 4. The molecule has 2 heterocycles. The zero-order valence-corrected chi connectivity index (χ0v) is 13.3. The van der Waals surface area contributed by atoms with E-state index in [9.17, 15) is 4.79 Å². The van der Waals surface area contributed by atoms with Gasteiger partial charge in [-0.25, -0.2) is 4.98 Å². The molecule has 1 amide bonds. The molecular weight excluding hydrogens is 280 g/mol. The van der Waals surface area contributed by atoms with Crippen molar-refractivity contribution in [3.63, 3.8) is 0 Å². The van der Waals surface area contributed by atoms with Crippen LogP contribution in [0.2, 0.25) is 0 Å². The topological polar surface area (TPSA) is 59.4 Å². The molecule has 0 aliphatic carbocycles. The van der Waals surface area contributed by atoms with Gasteiger partial charge < -0.3 is 14.2 Å². The lowest BCUT2D eigenvalue weighted by molar-refractivity contribution is -0.132. The van der Waals surface area contributed by atoms with Crippen LogP contribution < -0.4 is 5.32 Å². The molecule has 0 bridgehead atoms. The van der Waals surface area contributed by atoms with Crippen molar-refractivity contribution in [2.24, 2.45) is 0 Å². The highest BCUT2D eigenvalue weighted by Gasteiger charge is 2.26. The van der Waals surface area contributed by atoms with E-state index in [0.717, 1.165) is 29.7 Å². The van der Waals surface area contributed by atoms with E-state index in [1.165, 1.54) is 0 Å². The Balaban J connectivity index is 1.85. The summed E-state index contributed by atoms with van der Waals surface area (Å²) in [6.07, 6.45) is -0.439. The van der Waals surface area contributed by atoms with Gasteiger partial charge >= 0.3 is 0 Å². The third kappa shape index (κ3) is 2.84. The van der Waals surface area contributed by atoms with Crippen LogP contribution in [0.15, 0.2) is 18.2 Å². The van der Waals surface area contributed by atoms with E-state index in [1.807, 2.05) is 37.6 Å². The third-order valence-electron chi connectivity index (χ3n) is 4.02. The zero-order valence-electron chi connectivity index (χ0n) is 13.3. The number of carbonyl (C=O) groups is 1. The van der Waals surface area contributed by atoms with Gasteiger partial charge in [-0.3, -0.25) is 10.1 Å². The second-order valence-corrected chi connectivity index (χ2v) is 5.78. The number of likely N-dealkylation sites (N-methyl/N-ethyl adjacent to an activating group) is 1. The summed E-state index contributed by atoms with van der Waals surface area (Å²) >= 11 is 0. The Kier molecular flexibility index (Phi) is 4.13. The van der Waals surface area contributed by atoms with E-state index >= 15 is 0 Å². The first-order valence-electron chi connectivity index (χ1n) is 7.66. The van der Waals surface area contributed by atoms with E-state index in [1.54, 1.807) is 0 Å². The molecule has 0 saturated carbocycles. The largest absolute Gasteiger partial charge is 0.366 e. The van der Waals surface area contributed by atoms with Crippen molar-refractivity contribution in [2.75, 3.05) is 32.1 Å². The number of aryl methyl sites for hydroxylation is 2. The van der Waals surface area contributed by atoms with Crippen molar-refractivity contribution in [1.29, 1.82) is 0 Å². The van der Waals surface area contributed by atoms with Crippen LogP contribution in [0, 0.1) is 6.92 Å². The molecule has 1 saturated heterocycles. The summed E-state index contributed by atoms with van der Waals surface area (Å²) in [5.41, 5.74) is 3.09. The fourth-order valence-corrected chi connectivity index (χ4v) is 2.78. The fourth-order valence-electron chi connectivity index (χ4n) is 2.78. The van der Waals surface area contributed by atoms with Crippen molar-refractivity contribution in [2.45, 2.75) is 26.5 Å². The Morgan fingerprint density at radius 1 is 1.50 bits per heavy atom. The number of nitrogens with zero attached hydrogens (tertiary/aromatic N) is 3. The maximum absolute atomic E-state index is 12.4. The molecular formula is C16H22N4O2. The summed E-state index contributed by atoms with van der Waals surface area (Å²) in [5, 5.41) is 2.92. The Morgan fingerprint density at radius 2 is 2.32 bits per heavy atom. The molecule has 1 aromatic carbocycles. The van der Waals surface area contributed by atoms with Crippen molar-refractivity contribution < 1.29 is 9.53 Å². The van der Waals surface area contributed by atoms with Crippen LogP contribution in [0.5, 0.6) is 0 Å². The number of fused-ring (bicyclic) bond motifs is 1. The van der Waals surface area contributed by atoms with Crippen LogP contribution in [0.25, 0.3) is 11.0 Å². The summed E-state index contributed by atoms with van der Waals surface area (Å²) in [4.78, 5) is 19.1. The van der Waals surface area contributed by atoms with Gasteiger partial charge in [-0.1, -0.05) is 6.07 Å². The van der Waals surface area contributed by atoms with Gasteiger partial charge in [0.05, 0.1) is 17.6 Å². The number of nitrogens with one attached hydrogen (secondary N) is 1. The summed E-state index contributed by atoms with van der Waals surface area (Å²) in [7, 11) is 1.99. The minimum atomic E-state index is -0.439. The Labute approximate surface area is 130 Å². The summed E-state index contributed by atoms with van der Waals surface area (Å²) in [5.74, 6) is 0.457. The zero-order chi connectivity index (χ0) is 15.7. The van der Waals surface area contributed by atoms with E-state index in [2.05, 4.69) is 21.3 Å². The molecule has 1 aliphatic rings. The maximum atomic E-state index is 12.4. The lowest BCUT2D eigenvalue weighted by Crippen LogP contribution is -2.46. The minimum Gasteiger partial charge on any atom is -0.366 e. The van der Waals surface area contributed by atoms with Gasteiger partial charge in [-0.2, -0.15) is 0 Å². The Hall–Kier alpha value is -1.92. The number of morpholine rings is 1. The molecule has 1 aliphatic heterocycles. The van der Waals surface area contributed by atoms with Crippen LogP contribution in [-0.2, 0) is 16.1 Å². The number of anilines is 1. The molecule has 6 nitrogen and oxygen atoms in total. The fraction of sp³-hybridized carbons (Fsp3) is 0.500. The van der Waals surface area contributed by atoms with Gasteiger partial charge in [0.1, 0.15) is 6.10 Å². The Morgan fingerprint density at radius 3 is 3.05 bits per heavy atom. The minimum absolute atomic E-state index is 0.131. The molecule has 1 N–H and O–H groups in total. The molecule has 1 unspecified atom stereocenters. The Bertz CT molecular complexity index is 695. The third-order valence-corrected chi connectivity index (χ3v) is 4.02. The number of ether oxygens (including phenoxy) is 1. The molecule has 6 heteroatoms. The first-order valence-corrected chi connectivity index (χ1v) is 7.66. The van der Waals surface area contributed by atoms with Crippen molar-refractivity contribution in [3.8, 4) is 0 Å². The smallest absolute Gasteiger partial charge is 0.257 e. The van der Waals surface area contributed by atoms with Crippen LogP contribution in [0.1, 0.15) is 12.5 Å². The standard InChI is InChI=1S/C16H22N4O2/c1-4-20-13-6-5-11(2)9-12(13)17-16(20)18-15(21)14-10-19(3)7-8-22-14/h5-6,9,14H,4,7-8,10H2,1-3H3,(H,17,18,21). The van der Waals surface area contributed by atoms with Crippen LogP contribution >= 0.6 is 0 Å². The predicted molar refractivity (Wildman–Crippen MR) is 86.0 cm³/mol. The monoisotopic (exact) mass is 302 g/mol. The molecule has 1 fully saturated rings. The van der Waals surface area contributed by atoms with Gasteiger partial charge in [0.15, 0.2) is 0 Å². The molecule has 1 aromatic heterocycles. The maximum Gasteiger partial charge on any atom is 0.257 e. The number of amides is 1. The first-order chi connectivity index (χ1) is 10.6. The van der Waals surface area contributed by atoms with Gasteiger partial charge in [-0.15, -0.1) is 0 Å². The number of aromatic nitrogens is 2. The SMILES string of the molecule is CCn1c(NC(=O)C2CN(C)CCO2)nc2cc(C)ccc21. The predicted octanol–water partition coefficient (Wildman–Crippen LogP) is 1.63. The molecule has 22 heavy (non-hydrogen) atoms. The number of benzene rings is 1. The highest BCUT2D eigenvalue weighted by Crippen LogP contribution is 2.21. The average molecular weight is 302 g/mol. The van der Waals surface area contributed by atoms with E-state index < -0.39 is 6.10 Å². The lowest BCUT2D eigenvalue weighted by Gasteiger charge is -2.28. The van der Waals surface area contributed by atoms with Gasteiger partial charge in [0.2, 0.25) is 5.95 Å². The summed E-state index contributed by atoms with van der Waals surface area (Å²) in [6, 6.07) is 6.13. The van der Waals surface area contributed by atoms with Crippen LogP contribution in [-0.4, -0.2) is 53.2 Å². The van der Waals surface area contributed by atoms with Crippen LogP contribution in [0.3, 0.4) is 0 Å². The highest BCUT2D eigenvalue weighted by atomic mass is 16.5. The van der Waals surface area contributed by atoms with Crippen LogP contribution in [0.4, 0.5) is 5.95 Å². The van der Waals surface area contributed by atoms with Crippen molar-refractivity contribution in [1.82, 2.24) is 14.5 Å². The molecule has 2 aromatic rings. The number of rotatable bonds is 3. The molecule has 0 radical (unpaired) electrons. The number of hydrogen-bond donors (Lipinski definition) is 1. The lowest BCUT2D eigenvalue weighted by atomic mass is 10.2. The van der Waals surface area contributed by atoms with Gasteiger partial charge in [0.25, 0.3) is 5.91 Å². The van der Waals surface area contributed by atoms with E-state index in [4.69, 9.17) is 4.74 Å². The number of imidazole rings is 1. The van der Waals surface area contributed by atoms with Crippen molar-refractivity contribution in [3.05, 3.63) is 23.8 Å². The normalized spacial score (nSPS) is 19.5. The molecule has 1 atom stereocenters. The number of carbonyl (C=O) groups excluding carboxylic acids is 1. The van der Waals surface area contributed by atoms with E-state index in [0.29, 0.717) is 19.1 Å². The summed E-state index contributed by atoms with van der Waals surface area (Å²) < 4.78 is 7.57. The second-order valence-electron chi connectivity index (χ2n) is 5.78.